The zero-order valence-corrected chi connectivity index (χ0v) is 14.0. The Kier molecular flexibility index (Phi) is 3.72. The van der Waals surface area contributed by atoms with Gasteiger partial charge in [-0.15, -0.1) is 0 Å². The second kappa shape index (κ2) is 6.05. The summed E-state index contributed by atoms with van der Waals surface area (Å²) in [5, 5.41) is 4.09. The predicted molar refractivity (Wildman–Crippen MR) is 93.4 cm³/mol. The highest BCUT2D eigenvalue weighted by Gasteiger charge is 2.25. The highest BCUT2D eigenvalue weighted by Crippen LogP contribution is 2.35. The van der Waals surface area contributed by atoms with Crippen LogP contribution in [0.4, 0.5) is 5.69 Å². The molecule has 0 spiro atoms. The van der Waals surface area contributed by atoms with Crippen molar-refractivity contribution in [1.29, 1.82) is 0 Å². The van der Waals surface area contributed by atoms with Gasteiger partial charge in [-0.2, -0.15) is 4.98 Å². The molecule has 0 saturated carbocycles. The van der Waals surface area contributed by atoms with E-state index in [9.17, 15) is 4.79 Å². The van der Waals surface area contributed by atoms with E-state index < -0.39 is 0 Å². The van der Waals surface area contributed by atoms with E-state index in [4.69, 9.17) is 9.26 Å². The van der Waals surface area contributed by atoms with Gasteiger partial charge in [-0.3, -0.25) is 4.79 Å². The Hall–Kier alpha value is -3.15. The Morgan fingerprint density at radius 1 is 1.20 bits per heavy atom. The molecule has 25 heavy (non-hydrogen) atoms. The highest BCUT2D eigenvalue weighted by molar-refractivity contribution is 5.98. The Morgan fingerprint density at radius 3 is 2.84 bits per heavy atom. The van der Waals surface area contributed by atoms with Gasteiger partial charge in [0.2, 0.25) is 5.82 Å². The lowest BCUT2D eigenvalue weighted by atomic mass is 10.1. The van der Waals surface area contributed by atoms with E-state index in [0.717, 1.165) is 22.4 Å². The lowest BCUT2D eigenvalue weighted by molar-refractivity contribution is -0.121. The molecule has 126 valence electrons. The number of aryl methyl sites for hydroxylation is 1. The van der Waals surface area contributed by atoms with Crippen molar-refractivity contribution in [2.45, 2.75) is 13.8 Å². The molecule has 2 heterocycles. The molecule has 0 radical (unpaired) electrons. The zero-order chi connectivity index (χ0) is 17.4. The molecule has 1 aliphatic rings. The molecule has 1 amide bonds. The van der Waals surface area contributed by atoms with E-state index in [1.165, 1.54) is 0 Å². The standard InChI is InChI=1S/C19H17N3O3/c1-3-22-15-10-13(8-9-16(15)24-11-17(22)23)18-20-19(25-21-18)14-7-5-4-6-12(14)2/h4-10H,3,11H2,1-2H3. The maximum Gasteiger partial charge on any atom is 0.265 e. The number of carbonyl (C=O) groups excluding carboxylic acids is 1. The zero-order valence-electron chi connectivity index (χ0n) is 14.0. The summed E-state index contributed by atoms with van der Waals surface area (Å²) < 4.78 is 10.9. The molecule has 2 aromatic carbocycles. The number of ether oxygens (including phenoxy) is 1. The second-order valence-corrected chi connectivity index (χ2v) is 5.85. The van der Waals surface area contributed by atoms with Gasteiger partial charge >= 0.3 is 0 Å². The van der Waals surface area contributed by atoms with Crippen LogP contribution in [0, 0.1) is 6.92 Å². The van der Waals surface area contributed by atoms with Gasteiger partial charge in [-0.1, -0.05) is 23.4 Å². The van der Waals surface area contributed by atoms with E-state index >= 15 is 0 Å². The third-order valence-corrected chi connectivity index (χ3v) is 4.28. The normalized spacial score (nSPS) is 13.5. The van der Waals surface area contributed by atoms with E-state index in [1.54, 1.807) is 4.90 Å². The number of carbonyl (C=O) groups is 1. The number of amides is 1. The molecule has 0 fully saturated rings. The van der Waals surface area contributed by atoms with Gasteiger partial charge in [0.1, 0.15) is 5.75 Å². The monoisotopic (exact) mass is 335 g/mol. The van der Waals surface area contributed by atoms with Crippen molar-refractivity contribution in [3.8, 4) is 28.6 Å². The van der Waals surface area contributed by atoms with Gasteiger partial charge in [0.25, 0.3) is 11.8 Å². The van der Waals surface area contributed by atoms with Crippen LogP contribution >= 0.6 is 0 Å². The molecule has 6 nitrogen and oxygen atoms in total. The molecule has 0 atom stereocenters. The molecule has 3 aromatic rings. The predicted octanol–water partition coefficient (Wildman–Crippen LogP) is 3.46. The summed E-state index contributed by atoms with van der Waals surface area (Å²) in [6.45, 7) is 4.59. The van der Waals surface area contributed by atoms with E-state index in [0.29, 0.717) is 24.0 Å². The number of aromatic nitrogens is 2. The van der Waals surface area contributed by atoms with Crippen molar-refractivity contribution in [2.75, 3.05) is 18.1 Å². The lowest BCUT2D eigenvalue weighted by Gasteiger charge is -2.28. The number of hydrogen-bond acceptors (Lipinski definition) is 5. The lowest BCUT2D eigenvalue weighted by Crippen LogP contribution is -2.38. The van der Waals surface area contributed by atoms with E-state index in [1.807, 2.05) is 56.3 Å². The van der Waals surface area contributed by atoms with Crippen molar-refractivity contribution in [3.05, 3.63) is 48.0 Å². The van der Waals surface area contributed by atoms with Gasteiger partial charge in [-0.25, -0.2) is 0 Å². The van der Waals surface area contributed by atoms with Crippen molar-refractivity contribution in [1.82, 2.24) is 10.1 Å². The Balaban J connectivity index is 1.73. The SMILES string of the molecule is CCN1C(=O)COc2ccc(-c3noc(-c4ccccc4C)n3)cc21. The van der Waals surface area contributed by atoms with Crippen LogP contribution in [0.1, 0.15) is 12.5 Å². The quantitative estimate of drug-likeness (QED) is 0.733. The summed E-state index contributed by atoms with van der Waals surface area (Å²) in [7, 11) is 0. The molecule has 1 aliphatic heterocycles. The van der Waals surface area contributed by atoms with Crippen LogP contribution in [-0.4, -0.2) is 29.2 Å². The first-order chi connectivity index (χ1) is 12.2. The van der Waals surface area contributed by atoms with Crippen molar-refractivity contribution in [2.24, 2.45) is 0 Å². The molecule has 0 aliphatic carbocycles. The smallest absolute Gasteiger partial charge is 0.265 e. The number of anilines is 1. The third kappa shape index (κ3) is 2.65. The average molecular weight is 335 g/mol. The minimum atomic E-state index is -0.0548. The fourth-order valence-corrected chi connectivity index (χ4v) is 2.95. The maximum absolute atomic E-state index is 12.0. The molecular weight excluding hydrogens is 318 g/mol. The molecule has 4 rings (SSSR count). The molecule has 0 N–H and O–H groups in total. The summed E-state index contributed by atoms with van der Waals surface area (Å²) in [6, 6.07) is 13.4. The van der Waals surface area contributed by atoms with Crippen LogP contribution in [0.3, 0.4) is 0 Å². The summed E-state index contributed by atoms with van der Waals surface area (Å²) in [5.41, 5.74) is 3.49. The summed E-state index contributed by atoms with van der Waals surface area (Å²) in [4.78, 5) is 18.2. The van der Waals surface area contributed by atoms with E-state index in [2.05, 4.69) is 10.1 Å². The molecule has 1 aromatic heterocycles. The largest absolute Gasteiger partial charge is 0.482 e. The summed E-state index contributed by atoms with van der Waals surface area (Å²) in [5.74, 6) is 1.59. The van der Waals surface area contributed by atoms with Crippen molar-refractivity contribution < 1.29 is 14.1 Å². The fraction of sp³-hybridized carbons (Fsp3) is 0.211. The maximum atomic E-state index is 12.0. The van der Waals surface area contributed by atoms with Crippen molar-refractivity contribution in [3.63, 3.8) is 0 Å². The second-order valence-electron chi connectivity index (χ2n) is 5.85. The number of benzene rings is 2. The number of nitrogens with zero attached hydrogens (tertiary/aromatic N) is 3. The van der Waals surface area contributed by atoms with E-state index in [-0.39, 0.29) is 12.5 Å². The fourth-order valence-electron chi connectivity index (χ4n) is 2.95. The number of hydrogen-bond donors (Lipinski definition) is 0. The van der Waals surface area contributed by atoms with Gasteiger partial charge < -0.3 is 14.2 Å². The van der Waals surface area contributed by atoms with Crippen LogP contribution in [-0.2, 0) is 4.79 Å². The first-order valence-corrected chi connectivity index (χ1v) is 8.14. The third-order valence-electron chi connectivity index (χ3n) is 4.28. The van der Waals surface area contributed by atoms with Crippen molar-refractivity contribution >= 4 is 11.6 Å². The van der Waals surface area contributed by atoms with Gasteiger partial charge in [0.05, 0.1) is 5.69 Å². The Bertz CT molecular complexity index is 949. The van der Waals surface area contributed by atoms with Crippen LogP contribution in [0.25, 0.3) is 22.8 Å². The minimum absolute atomic E-state index is 0.0548. The Morgan fingerprint density at radius 2 is 2.04 bits per heavy atom. The summed E-state index contributed by atoms with van der Waals surface area (Å²) in [6.07, 6.45) is 0. The van der Waals surface area contributed by atoms with Gasteiger partial charge in [0, 0.05) is 17.7 Å². The topological polar surface area (TPSA) is 68.5 Å². The number of rotatable bonds is 3. The van der Waals surface area contributed by atoms with Crippen LogP contribution in [0.5, 0.6) is 5.75 Å². The number of likely N-dealkylation sites (N-methyl/N-ethyl adjacent to an activating group) is 1. The molecule has 0 saturated heterocycles. The molecule has 6 heteroatoms. The first kappa shape index (κ1) is 15.4. The van der Waals surface area contributed by atoms with Gasteiger partial charge in [-0.05, 0) is 43.7 Å². The number of fused-ring (bicyclic) bond motifs is 1. The molecule has 0 bridgehead atoms. The van der Waals surface area contributed by atoms with Gasteiger partial charge in [0.15, 0.2) is 6.61 Å². The van der Waals surface area contributed by atoms with Crippen LogP contribution < -0.4 is 9.64 Å². The van der Waals surface area contributed by atoms with Crippen LogP contribution in [0.2, 0.25) is 0 Å². The minimum Gasteiger partial charge on any atom is -0.482 e. The molecule has 0 unspecified atom stereocenters. The Labute approximate surface area is 145 Å². The average Bonchev–Trinajstić information content (AvgIpc) is 3.11. The summed E-state index contributed by atoms with van der Waals surface area (Å²) >= 11 is 0. The van der Waals surface area contributed by atoms with Crippen LogP contribution in [0.15, 0.2) is 47.0 Å². The molecular formula is C19H17N3O3. The highest BCUT2D eigenvalue weighted by atomic mass is 16.5. The first-order valence-electron chi connectivity index (χ1n) is 8.14.